The van der Waals surface area contributed by atoms with Crippen molar-refractivity contribution in [3.8, 4) is 5.75 Å². The van der Waals surface area contributed by atoms with Gasteiger partial charge in [0.15, 0.2) is 0 Å². The summed E-state index contributed by atoms with van der Waals surface area (Å²) in [4.78, 5) is 0.132. The molecule has 0 aliphatic carbocycles. The Hall–Kier alpha value is -3.51. The minimum Gasteiger partial charge on any atom is -0.871 e. The van der Waals surface area contributed by atoms with Gasteiger partial charge >= 0.3 is 0 Å². The van der Waals surface area contributed by atoms with E-state index in [4.69, 9.17) is 4.74 Å². The largest absolute Gasteiger partial charge is 0.871 e. The van der Waals surface area contributed by atoms with Crippen LogP contribution in [-0.2, 0) is 10.0 Å². The molecule has 0 radical (unpaired) electrons. The predicted octanol–water partition coefficient (Wildman–Crippen LogP) is 4.05. The van der Waals surface area contributed by atoms with Crippen LogP contribution in [0.2, 0.25) is 0 Å². The summed E-state index contributed by atoms with van der Waals surface area (Å²) < 4.78 is 33.2. The molecule has 0 spiro atoms. The molecule has 6 heteroatoms. The quantitative estimate of drug-likeness (QED) is 0.459. The van der Waals surface area contributed by atoms with Crippen molar-refractivity contribution in [2.75, 3.05) is 7.11 Å². The first kappa shape index (κ1) is 19.8. The van der Waals surface area contributed by atoms with E-state index in [0.29, 0.717) is 22.2 Å². The number of para-hydroxylation sites is 1. The number of rotatable bonds is 5. The molecule has 0 bridgehead atoms. The average Bonchev–Trinajstić information content (AvgIpc) is 3.15. The SMILES string of the molecule is COc1ccc(/C=C(\[O-])c2cc3ccccc3n2S(=O)(=O)c2ccc(C)cc2)cc1. The van der Waals surface area contributed by atoms with Gasteiger partial charge in [-0.25, -0.2) is 12.4 Å². The molecule has 0 amide bonds. The third-order valence-corrected chi connectivity index (χ3v) is 6.63. The van der Waals surface area contributed by atoms with Gasteiger partial charge in [0.2, 0.25) is 0 Å². The van der Waals surface area contributed by atoms with E-state index < -0.39 is 15.8 Å². The van der Waals surface area contributed by atoms with Crippen LogP contribution in [0.15, 0.2) is 83.8 Å². The van der Waals surface area contributed by atoms with Gasteiger partial charge in [0.25, 0.3) is 10.0 Å². The highest BCUT2D eigenvalue weighted by Gasteiger charge is 2.22. The van der Waals surface area contributed by atoms with Crippen molar-refractivity contribution in [1.29, 1.82) is 0 Å². The monoisotopic (exact) mass is 418 g/mol. The molecule has 0 unspecified atom stereocenters. The number of nitrogens with zero attached hydrogens (tertiary/aromatic N) is 1. The van der Waals surface area contributed by atoms with Crippen molar-refractivity contribution in [3.63, 3.8) is 0 Å². The average molecular weight is 418 g/mol. The van der Waals surface area contributed by atoms with Crippen molar-refractivity contribution in [2.45, 2.75) is 11.8 Å². The van der Waals surface area contributed by atoms with Gasteiger partial charge in [0.05, 0.1) is 23.2 Å². The van der Waals surface area contributed by atoms with Crippen LogP contribution in [-0.4, -0.2) is 19.5 Å². The molecule has 0 aliphatic rings. The standard InChI is InChI=1S/C24H21NO4S/c1-17-7-13-21(14-8-17)30(27,28)25-22-6-4-3-5-19(22)16-23(25)24(26)15-18-9-11-20(29-2)12-10-18/h3-16,26H,1-2H3/p-1/b24-15-. The van der Waals surface area contributed by atoms with Crippen LogP contribution in [0.3, 0.4) is 0 Å². The Bertz CT molecular complexity index is 1330. The molecule has 3 aromatic carbocycles. The van der Waals surface area contributed by atoms with Crippen LogP contribution >= 0.6 is 0 Å². The van der Waals surface area contributed by atoms with Gasteiger partial charge < -0.3 is 9.84 Å². The summed E-state index contributed by atoms with van der Waals surface area (Å²) in [6.45, 7) is 1.89. The van der Waals surface area contributed by atoms with E-state index in [0.717, 1.165) is 9.54 Å². The smallest absolute Gasteiger partial charge is 0.268 e. The number of aromatic nitrogens is 1. The van der Waals surface area contributed by atoms with Gasteiger partial charge in [-0.3, -0.25) is 0 Å². The summed E-state index contributed by atoms with van der Waals surface area (Å²) in [5, 5.41) is 13.8. The normalized spacial score (nSPS) is 12.3. The summed E-state index contributed by atoms with van der Waals surface area (Å²) in [6.07, 6.45) is 1.43. The fourth-order valence-electron chi connectivity index (χ4n) is 3.30. The maximum absolute atomic E-state index is 13.5. The summed E-state index contributed by atoms with van der Waals surface area (Å²) in [5.74, 6) is 0.280. The summed E-state index contributed by atoms with van der Waals surface area (Å²) >= 11 is 0. The number of ether oxygens (including phenoxy) is 1. The number of hydrogen-bond donors (Lipinski definition) is 0. The van der Waals surface area contributed by atoms with Crippen molar-refractivity contribution >= 4 is 32.8 Å². The summed E-state index contributed by atoms with van der Waals surface area (Å²) in [7, 11) is -2.39. The molecular formula is C24H20NO4S-. The lowest BCUT2D eigenvalue weighted by atomic mass is 10.1. The summed E-state index contributed by atoms with van der Waals surface area (Å²) in [6, 6.07) is 22.3. The molecular weight excluding hydrogens is 398 g/mol. The molecule has 152 valence electrons. The zero-order chi connectivity index (χ0) is 21.3. The summed E-state index contributed by atoms with van der Waals surface area (Å²) in [5.41, 5.74) is 2.16. The van der Waals surface area contributed by atoms with Gasteiger partial charge in [0, 0.05) is 5.39 Å². The fourth-order valence-corrected chi connectivity index (χ4v) is 4.82. The van der Waals surface area contributed by atoms with E-state index in [9.17, 15) is 13.5 Å². The van der Waals surface area contributed by atoms with Crippen molar-refractivity contribution in [2.24, 2.45) is 0 Å². The topological polar surface area (TPSA) is 71.4 Å². The maximum Gasteiger partial charge on any atom is 0.268 e. The maximum atomic E-state index is 13.5. The lowest BCUT2D eigenvalue weighted by Gasteiger charge is -2.17. The van der Waals surface area contributed by atoms with Crippen molar-refractivity contribution in [1.82, 2.24) is 3.97 Å². The number of benzene rings is 3. The Labute approximate surface area is 175 Å². The highest BCUT2D eigenvalue weighted by atomic mass is 32.2. The number of fused-ring (bicyclic) bond motifs is 1. The molecule has 4 aromatic rings. The Balaban J connectivity index is 1.90. The zero-order valence-electron chi connectivity index (χ0n) is 16.6. The molecule has 5 nitrogen and oxygen atoms in total. The second-order valence-corrected chi connectivity index (χ2v) is 8.74. The second-order valence-electron chi connectivity index (χ2n) is 6.95. The number of aryl methyl sites for hydroxylation is 1. The second kappa shape index (κ2) is 7.72. The van der Waals surface area contributed by atoms with Crippen LogP contribution in [0.1, 0.15) is 16.8 Å². The Morgan fingerprint density at radius 1 is 0.967 bits per heavy atom. The zero-order valence-corrected chi connectivity index (χ0v) is 17.4. The van der Waals surface area contributed by atoms with Crippen LogP contribution < -0.4 is 9.84 Å². The van der Waals surface area contributed by atoms with Crippen molar-refractivity contribution < 1.29 is 18.3 Å². The molecule has 1 aromatic heterocycles. The lowest BCUT2D eigenvalue weighted by Crippen LogP contribution is -2.18. The minimum atomic E-state index is -3.96. The van der Waals surface area contributed by atoms with E-state index in [2.05, 4.69) is 0 Å². The van der Waals surface area contributed by atoms with E-state index >= 15 is 0 Å². The predicted molar refractivity (Wildman–Crippen MR) is 117 cm³/mol. The van der Waals surface area contributed by atoms with Gasteiger partial charge in [-0.2, -0.15) is 0 Å². The van der Waals surface area contributed by atoms with Gasteiger partial charge in [-0.1, -0.05) is 59.9 Å². The Morgan fingerprint density at radius 3 is 2.30 bits per heavy atom. The van der Waals surface area contributed by atoms with Gasteiger partial charge in [-0.15, -0.1) is 0 Å². The lowest BCUT2D eigenvalue weighted by molar-refractivity contribution is -0.242. The van der Waals surface area contributed by atoms with E-state index in [1.165, 1.54) is 6.08 Å². The van der Waals surface area contributed by atoms with Crippen LogP contribution in [0.4, 0.5) is 0 Å². The molecule has 0 N–H and O–H groups in total. The molecule has 0 atom stereocenters. The van der Waals surface area contributed by atoms with Crippen LogP contribution in [0, 0.1) is 6.92 Å². The molecule has 0 saturated heterocycles. The van der Waals surface area contributed by atoms with E-state index in [1.807, 2.05) is 13.0 Å². The molecule has 0 fully saturated rings. The fraction of sp³-hybridized carbons (Fsp3) is 0.0833. The number of methoxy groups -OCH3 is 1. The molecule has 30 heavy (non-hydrogen) atoms. The van der Waals surface area contributed by atoms with Crippen LogP contribution in [0.5, 0.6) is 5.75 Å². The van der Waals surface area contributed by atoms with E-state index in [1.54, 1.807) is 79.9 Å². The minimum absolute atomic E-state index is 0.0904. The number of hydrogen-bond acceptors (Lipinski definition) is 4. The molecule has 4 rings (SSSR count). The van der Waals surface area contributed by atoms with Crippen LogP contribution in [0.25, 0.3) is 22.7 Å². The van der Waals surface area contributed by atoms with Crippen molar-refractivity contribution in [3.05, 3.63) is 95.7 Å². The highest BCUT2D eigenvalue weighted by Crippen LogP contribution is 2.29. The molecule has 0 saturated carbocycles. The third-order valence-electron chi connectivity index (χ3n) is 4.89. The highest BCUT2D eigenvalue weighted by molar-refractivity contribution is 7.90. The molecule has 0 aliphatic heterocycles. The first-order valence-corrected chi connectivity index (χ1v) is 10.8. The van der Waals surface area contributed by atoms with Gasteiger partial charge in [0.1, 0.15) is 5.75 Å². The third kappa shape index (κ3) is 3.57. The first-order valence-electron chi connectivity index (χ1n) is 9.36. The Morgan fingerprint density at radius 2 is 1.63 bits per heavy atom. The first-order chi connectivity index (χ1) is 14.4. The van der Waals surface area contributed by atoms with Gasteiger partial charge in [-0.05, 0) is 48.9 Å². The Kier molecular flexibility index (Phi) is 5.10. The van der Waals surface area contributed by atoms with E-state index in [-0.39, 0.29) is 10.6 Å². The molecule has 1 heterocycles.